The van der Waals surface area contributed by atoms with Crippen LogP contribution >= 0.6 is 0 Å². The first-order valence-electron chi connectivity index (χ1n) is 6.61. The van der Waals surface area contributed by atoms with Crippen LogP contribution in [0.5, 0.6) is 23.0 Å². The highest BCUT2D eigenvalue weighted by molar-refractivity contribution is 6.14. The first-order valence-corrected chi connectivity index (χ1v) is 6.61. The Morgan fingerprint density at radius 2 is 1.91 bits per heavy atom. The van der Waals surface area contributed by atoms with E-state index < -0.39 is 0 Å². The zero-order valence-electron chi connectivity index (χ0n) is 12.1. The third-order valence-electron chi connectivity index (χ3n) is 3.38. The van der Waals surface area contributed by atoms with Crippen molar-refractivity contribution >= 4 is 11.9 Å². The second kappa shape index (κ2) is 5.44. The van der Waals surface area contributed by atoms with Crippen molar-refractivity contribution in [1.29, 1.82) is 0 Å². The average molecular weight is 298 g/mol. The Labute approximate surface area is 127 Å². The number of ether oxygens (including phenoxy) is 3. The number of phenols is 1. The van der Waals surface area contributed by atoms with Crippen molar-refractivity contribution in [3.63, 3.8) is 0 Å². The van der Waals surface area contributed by atoms with E-state index in [0.717, 1.165) is 0 Å². The number of benzene rings is 2. The summed E-state index contributed by atoms with van der Waals surface area (Å²) in [5.74, 6) is 1.50. The summed E-state index contributed by atoms with van der Waals surface area (Å²) in [7, 11) is 3.02. The number of phenolic OH excluding ortho intramolecular Hbond substituents is 1. The Bertz CT molecular complexity index is 777. The molecule has 0 radical (unpaired) electrons. The lowest BCUT2D eigenvalue weighted by molar-refractivity contribution is 0.101. The Balaban J connectivity index is 1.95. The van der Waals surface area contributed by atoms with Crippen LogP contribution in [0.3, 0.4) is 0 Å². The van der Waals surface area contributed by atoms with Crippen molar-refractivity contribution in [1.82, 2.24) is 0 Å². The second-order valence-electron chi connectivity index (χ2n) is 4.73. The number of fused-ring (bicyclic) bond motifs is 1. The van der Waals surface area contributed by atoms with Gasteiger partial charge in [0.1, 0.15) is 11.5 Å². The molecule has 1 heterocycles. The number of Topliss-reactive ketones (excluding diaryl/α,β-unsaturated/α-hetero) is 1. The minimum absolute atomic E-state index is 0.0383. The molecule has 0 atom stereocenters. The highest BCUT2D eigenvalue weighted by Crippen LogP contribution is 2.35. The van der Waals surface area contributed by atoms with Crippen LogP contribution in [0.2, 0.25) is 0 Å². The summed E-state index contributed by atoms with van der Waals surface area (Å²) >= 11 is 0. The minimum atomic E-state index is -0.190. The topological polar surface area (TPSA) is 65.0 Å². The molecule has 5 nitrogen and oxygen atoms in total. The van der Waals surface area contributed by atoms with E-state index >= 15 is 0 Å². The predicted octanol–water partition coefficient (Wildman–Crippen LogP) is 3.03. The lowest BCUT2D eigenvalue weighted by Gasteiger charge is -2.04. The maximum atomic E-state index is 12.3. The maximum absolute atomic E-state index is 12.3. The van der Waals surface area contributed by atoms with Gasteiger partial charge in [0.05, 0.1) is 19.8 Å². The van der Waals surface area contributed by atoms with Crippen molar-refractivity contribution in [2.75, 3.05) is 14.2 Å². The smallest absolute Gasteiger partial charge is 0.231 e. The Kier molecular flexibility index (Phi) is 3.47. The zero-order chi connectivity index (χ0) is 15.7. The summed E-state index contributed by atoms with van der Waals surface area (Å²) in [6.07, 6.45) is 1.61. The van der Waals surface area contributed by atoms with Crippen LogP contribution in [-0.2, 0) is 0 Å². The molecule has 3 rings (SSSR count). The first-order chi connectivity index (χ1) is 10.6. The summed E-state index contributed by atoms with van der Waals surface area (Å²) < 4.78 is 15.8. The third kappa shape index (κ3) is 2.37. The molecule has 0 saturated carbocycles. The van der Waals surface area contributed by atoms with Crippen molar-refractivity contribution in [2.45, 2.75) is 0 Å². The van der Waals surface area contributed by atoms with E-state index in [9.17, 15) is 9.90 Å². The van der Waals surface area contributed by atoms with Gasteiger partial charge >= 0.3 is 0 Å². The Morgan fingerprint density at radius 3 is 2.64 bits per heavy atom. The zero-order valence-corrected chi connectivity index (χ0v) is 12.1. The van der Waals surface area contributed by atoms with Gasteiger partial charge in [0.25, 0.3) is 0 Å². The third-order valence-corrected chi connectivity index (χ3v) is 3.38. The molecule has 22 heavy (non-hydrogen) atoms. The molecule has 2 aromatic rings. The van der Waals surface area contributed by atoms with Gasteiger partial charge < -0.3 is 19.3 Å². The standard InChI is InChI=1S/C17H14O5/c1-20-11-4-5-12-14(9-11)22-16(17(12)19)8-10-3-6-13(18)15(7-10)21-2/h3-9,18H,1-2H3/b16-8-. The minimum Gasteiger partial charge on any atom is -0.504 e. The van der Waals surface area contributed by atoms with Crippen LogP contribution in [0, 0.1) is 0 Å². The number of carbonyl (C=O) groups excluding carboxylic acids is 1. The monoisotopic (exact) mass is 298 g/mol. The van der Waals surface area contributed by atoms with Crippen molar-refractivity contribution in [3.05, 3.63) is 53.3 Å². The normalized spacial score (nSPS) is 14.6. The van der Waals surface area contributed by atoms with Crippen LogP contribution in [0.4, 0.5) is 0 Å². The maximum Gasteiger partial charge on any atom is 0.231 e. The summed E-state index contributed by atoms with van der Waals surface area (Å²) in [6.45, 7) is 0. The number of hydrogen-bond donors (Lipinski definition) is 1. The number of methoxy groups -OCH3 is 2. The molecule has 0 fully saturated rings. The molecule has 1 aliphatic rings. The molecular formula is C17H14O5. The average Bonchev–Trinajstić information content (AvgIpc) is 2.84. The van der Waals surface area contributed by atoms with Gasteiger partial charge in [-0.1, -0.05) is 6.07 Å². The van der Waals surface area contributed by atoms with Gasteiger partial charge in [0, 0.05) is 6.07 Å². The lowest BCUT2D eigenvalue weighted by Crippen LogP contribution is -1.98. The number of rotatable bonds is 3. The molecule has 0 aliphatic carbocycles. The number of carbonyl (C=O) groups is 1. The molecule has 2 aromatic carbocycles. The fourth-order valence-corrected chi connectivity index (χ4v) is 2.23. The molecule has 1 aliphatic heterocycles. The molecule has 0 amide bonds. The number of ketones is 1. The number of aromatic hydroxyl groups is 1. The van der Waals surface area contributed by atoms with Gasteiger partial charge in [0.2, 0.25) is 5.78 Å². The van der Waals surface area contributed by atoms with E-state index in [4.69, 9.17) is 14.2 Å². The lowest BCUT2D eigenvalue weighted by atomic mass is 10.1. The van der Waals surface area contributed by atoms with Gasteiger partial charge in [-0.05, 0) is 35.9 Å². The fraction of sp³-hybridized carbons (Fsp3) is 0.118. The van der Waals surface area contributed by atoms with Crippen molar-refractivity contribution in [3.8, 4) is 23.0 Å². The van der Waals surface area contributed by atoms with Gasteiger partial charge in [-0.2, -0.15) is 0 Å². The van der Waals surface area contributed by atoms with E-state index in [1.54, 1.807) is 43.5 Å². The summed E-state index contributed by atoms with van der Waals surface area (Å²) in [4.78, 5) is 12.3. The van der Waals surface area contributed by atoms with Crippen LogP contribution in [0.15, 0.2) is 42.2 Å². The molecule has 0 unspecified atom stereocenters. The SMILES string of the molecule is COc1ccc2c(c1)O/C(=C\c1ccc(O)c(OC)c1)C2=O. The molecule has 112 valence electrons. The van der Waals surface area contributed by atoms with E-state index in [1.165, 1.54) is 13.2 Å². The van der Waals surface area contributed by atoms with Gasteiger partial charge in [-0.3, -0.25) is 4.79 Å². The summed E-state index contributed by atoms with van der Waals surface area (Å²) in [6, 6.07) is 9.86. The van der Waals surface area contributed by atoms with E-state index in [2.05, 4.69) is 0 Å². The second-order valence-corrected chi connectivity index (χ2v) is 4.73. The Hall–Kier alpha value is -2.95. The van der Waals surface area contributed by atoms with Crippen LogP contribution in [-0.4, -0.2) is 25.1 Å². The summed E-state index contributed by atoms with van der Waals surface area (Å²) in [5.41, 5.74) is 1.19. The van der Waals surface area contributed by atoms with E-state index in [0.29, 0.717) is 28.4 Å². The molecular weight excluding hydrogens is 284 g/mol. The van der Waals surface area contributed by atoms with Crippen LogP contribution in [0.1, 0.15) is 15.9 Å². The molecule has 0 bridgehead atoms. The molecule has 1 N–H and O–H groups in total. The fourth-order valence-electron chi connectivity index (χ4n) is 2.23. The number of allylic oxidation sites excluding steroid dienone is 1. The summed E-state index contributed by atoms with van der Waals surface area (Å²) in [5, 5.41) is 9.59. The predicted molar refractivity (Wildman–Crippen MR) is 80.6 cm³/mol. The van der Waals surface area contributed by atoms with Gasteiger partial charge in [0.15, 0.2) is 17.3 Å². The quantitative estimate of drug-likeness (QED) is 0.882. The van der Waals surface area contributed by atoms with E-state index in [1.807, 2.05) is 0 Å². The first kappa shape index (κ1) is 14.0. The molecule has 0 spiro atoms. The van der Waals surface area contributed by atoms with Crippen LogP contribution in [0.25, 0.3) is 6.08 Å². The van der Waals surface area contributed by atoms with Crippen molar-refractivity contribution in [2.24, 2.45) is 0 Å². The highest BCUT2D eigenvalue weighted by Gasteiger charge is 2.27. The highest BCUT2D eigenvalue weighted by atomic mass is 16.5. The molecule has 0 aromatic heterocycles. The molecule has 5 heteroatoms. The van der Waals surface area contributed by atoms with Gasteiger partial charge in [-0.15, -0.1) is 0 Å². The number of hydrogen-bond acceptors (Lipinski definition) is 5. The Morgan fingerprint density at radius 1 is 1.09 bits per heavy atom. The largest absolute Gasteiger partial charge is 0.504 e. The van der Waals surface area contributed by atoms with E-state index in [-0.39, 0.29) is 17.3 Å². The van der Waals surface area contributed by atoms with Gasteiger partial charge in [-0.25, -0.2) is 0 Å². The van der Waals surface area contributed by atoms with Crippen LogP contribution < -0.4 is 14.2 Å². The molecule has 0 saturated heterocycles. The van der Waals surface area contributed by atoms with Crippen molar-refractivity contribution < 1.29 is 24.1 Å².